The van der Waals surface area contributed by atoms with Gasteiger partial charge in [-0.15, -0.1) is 0 Å². The molecule has 3 aromatic rings. The molecular weight excluding hydrogens is 400 g/mol. The number of benzene rings is 1. The quantitative estimate of drug-likeness (QED) is 0.647. The van der Waals surface area contributed by atoms with E-state index in [0.717, 1.165) is 24.1 Å². The number of carbonyl (C=O) groups is 1. The topological polar surface area (TPSA) is 115 Å². The van der Waals surface area contributed by atoms with E-state index in [0.29, 0.717) is 31.3 Å². The molecule has 31 heavy (non-hydrogen) atoms. The van der Waals surface area contributed by atoms with E-state index in [9.17, 15) is 14.4 Å². The lowest BCUT2D eigenvalue weighted by molar-refractivity contribution is 0.0951. The minimum Gasteiger partial charge on any atom is -0.486 e. The molecule has 0 unspecified atom stereocenters. The predicted molar refractivity (Wildman–Crippen MR) is 113 cm³/mol. The molecule has 0 bridgehead atoms. The van der Waals surface area contributed by atoms with Crippen LogP contribution in [0.2, 0.25) is 0 Å². The van der Waals surface area contributed by atoms with Crippen molar-refractivity contribution in [2.75, 3.05) is 13.2 Å². The van der Waals surface area contributed by atoms with E-state index >= 15 is 0 Å². The largest absolute Gasteiger partial charge is 0.486 e. The van der Waals surface area contributed by atoms with Crippen molar-refractivity contribution in [3.63, 3.8) is 0 Å². The van der Waals surface area contributed by atoms with Gasteiger partial charge in [0, 0.05) is 30.3 Å². The third kappa shape index (κ3) is 3.45. The minimum absolute atomic E-state index is 0.123. The number of pyridine rings is 1. The number of rotatable bonds is 5. The first-order valence-corrected chi connectivity index (χ1v) is 10.4. The van der Waals surface area contributed by atoms with E-state index < -0.39 is 17.2 Å². The van der Waals surface area contributed by atoms with Gasteiger partial charge in [-0.05, 0) is 31.9 Å². The summed E-state index contributed by atoms with van der Waals surface area (Å²) in [6.07, 6.45) is 1.96. The average Bonchev–Trinajstić information content (AvgIpc) is 3.62. The van der Waals surface area contributed by atoms with Crippen molar-refractivity contribution in [3.05, 3.63) is 61.9 Å². The van der Waals surface area contributed by atoms with Crippen LogP contribution in [0.15, 0.2) is 33.9 Å². The van der Waals surface area contributed by atoms with Crippen LogP contribution < -0.4 is 26.0 Å². The first kappa shape index (κ1) is 19.3. The number of aromatic amines is 1. The highest BCUT2D eigenvalue weighted by Gasteiger charge is 2.28. The van der Waals surface area contributed by atoms with E-state index in [1.165, 1.54) is 4.57 Å². The molecule has 1 aromatic carbocycles. The van der Waals surface area contributed by atoms with E-state index in [1.54, 1.807) is 13.0 Å². The lowest BCUT2D eigenvalue weighted by Gasteiger charge is -2.21. The summed E-state index contributed by atoms with van der Waals surface area (Å²) in [4.78, 5) is 44.9. The zero-order chi connectivity index (χ0) is 21.5. The Hall–Kier alpha value is -3.62. The summed E-state index contributed by atoms with van der Waals surface area (Å²) >= 11 is 0. The van der Waals surface area contributed by atoms with Crippen molar-refractivity contribution in [1.29, 1.82) is 0 Å². The van der Waals surface area contributed by atoms with Gasteiger partial charge in [-0.25, -0.2) is 9.78 Å². The molecule has 1 saturated carbocycles. The van der Waals surface area contributed by atoms with Gasteiger partial charge in [-0.2, -0.15) is 0 Å². The average molecular weight is 422 g/mol. The molecule has 5 rings (SSSR count). The number of para-hydroxylation sites is 1. The second kappa shape index (κ2) is 7.57. The van der Waals surface area contributed by atoms with Gasteiger partial charge >= 0.3 is 5.69 Å². The predicted octanol–water partition coefficient (Wildman–Crippen LogP) is 1.68. The van der Waals surface area contributed by atoms with Crippen LogP contribution in [-0.4, -0.2) is 33.7 Å². The fraction of sp³-hybridized carbons (Fsp3) is 0.364. The number of hydrogen-bond donors (Lipinski definition) is 2. The SMILES string of the molecule is CCn1c(=O)[nH]c(=O)c2c(C(=O)NCc3cccc4c3OCCO4)cc(C3CC3)nc21. The molecule has 2 N–H and O–H groups in total. The van der Waals surface area contributed by atoms with Gasteiger partial charge in [-0.3, -0.25) is 19.1 Å². The summed E-state index contributed by atoms with van der Waals surface area (Å²) in [6, 6.07) is 7.19. The summed E-state index contributed by atoms with van der Waals surface area (Å²) in [5.74, 6) is 1.11. The van der Waals surface area contributed by atoms with Crippen molar-refractivity contribution in [3.8, 4) is 11.5 Å². The lowest BCUT2D eigenvalue weighted by atomic mass is 10.1. The molecule has 0 radical (unpaired) electrons. The Morgan fingerprint density at radius 3 is 2.84 bits per heavy atom. The zero-order valence-corrected chi connectivity index (χ0v) is 17.1. The van der Waals surface area contributed by atoms with E-state index in [2.05, 4.69) is 15.3 Å². The van der Waals surface area contributed by atoms with Gasteiger partial charge < -0.3 is 14.8 Å². The number of hydrogen-bond acceptors (Lipinski definition) is 6. The smallest absolute Gasteiger partial charge is 0.329 e. The van der Waals surface area contributed by atoms with Gasteiger partial charge in [0.1, 0.15) is 13.2 Å². The summed E-state index contributed by atoms with van der Waals surface area (Å²) in [7, 11) is 0. The van der Waals surface area contributed by atoms with Gasteiger partial charge in [0.25, 0.3) is 11.5 Å². The molecule has 1 fully saturated rings. The Kier molecular flexibility index (Phi) is 4.72. The molecule has 0 atom stereocenters. The van der Waals surface area contributed by atoms with Crippen molar-refractivity contribution in [2.24, 2.45) is 0 Å². The van der Waals surface area contributed by atoms with E-state index in [1.807, 2.05) is 18.2 Å². The molecule has 9 nitrogen and oxygen atoms in total. The van der Waals surface area contributed by atoms with Gasteiger partial charge in [0.15, 0.2) is 17.1 Å². The molecule has 1 aliphatic heterocycles. The van der Waals surface area contributed by atoms with Crippen LogP contribution in [0.3, 0.4) is 0 Å². The molecule has 1 amide bonds. The Balaban J connectivity index is 1.54. The van der Waals surface area contributed by atoms with Crippen molar-refractivity contribution >= 4 is 16.9 Å². The molecular formula is C22H22N4O5. The second-order valence-electron chi connectivity index (χ2n) is 7.70. The molecule has 2 aromatic heterocycles. The van der Waals surface area contributed by atoms with Crippen LogP contribution in [0.1, 0.15) is 47.3 Å². The zero-order valence-electron chi connectivity index (χ0n) is 17.1. The van der Waals surface area contributed by atoms with Gasteiger partial charge in [0.05, 0.1) is 10.9 Å². The number of H-pyrrole nitrogens is 1. The molecule has 160 valence electrons. The maximum atomic E-state index is 13.2. The summed E-state index contributed by atoms with van der Waals surface area (Å²) in [5, 5.41) is 3.00. The summed E-state index contributed by atoms with van der Waals surface area (Å²) in [5.41, 5.74) is 0.847. The molecule has 3 heterocycles. The van der Waals surface area contributed by atoms with Crippen molar-refractivity contribution in [1.82, 2.24) is 19.9 Å². The normalized spacial score (nSPS) is 15.1. The van der Waals surface area contributed by atoms with Crippen LogP contribution in [0, 0.1) is 0 Å². The number of aromatic nitrogens is 3. The number of nitrogens with one attached hydrogen (secondary N) is 2. The Labute approximate surface area is 177 Å². The van der Waals surface area contributed by atoms with Crippen molar-refractivity contribution < 1.29 is 14.3 Å². The number of ether oxygens (including phenoxy) is 2. The highest BCUT2D eigenvalue weighted by molar-refractivity contribution is 6.05. The van der Waals surface area contributed by atoms with Crippen LogP contribution >= 0.6 is 0 Å². The number of carbonyl (C=O) groups excluding carboxylic acids is 1. The Bertz CT molecular complexity index is 1310. The van der Waals surface area contributed by atoms with Crippen LogP contribution in [-0.2, 0) is 13.1 Å². The Morgan fingerprint density at radius 2 is 2.06 bits per heavy atom. The maximum absolute atomic E-state index is 13.2. The van der Waals surface area contributed by atoms with Crippen LogP contribution in [0.25, 0.3) is 11.0 Å². The monoisotopic (exact) mass is 422 g/mol. The molecule has 1 aliphatic carbocycles. The fourth-order valence-electron chi connectivity index (χ4n) is 3.90. The highest BCUT2D eigenvalue weighted by atomic mass is 16.6. The third-order valence-corrected chi connectivity index (χ3v) is 5.61. The lowest BCUT2D eigenvalue weighted by Crippen LogP contribution is -2.33. The number of aryl methyl sites for hydroxylation is 1. The minimum atomic E-state index is -0.612. The second-order valence-corrected chi connectivity index (χ2v) is 7.70. The van der Waals surface area contributed by atoms with Gasteiger partial charge in [-0.1, -0.05) is 12.1 Å². The van der Waals surface area contributed by atoms with E-state index in [4.69, 9.17) is 9.47 Å². The van der Waals surface area contributed by atoms with Gasteiger partial charge in [0.2, 0.25) is 0 Å². The molecule has 0 spiro atoms. The third-order valence-electron chi connectivity index (χ3n) is 5.61. The summed E-state index contributed by atoms with van der Waals surface area (Å²) in [6.45, 7) is 3.27. The standard InChI is InChI=1S/C22H22N4O5/c1-2-26-19-17(21(28)25-22(26)29)14(10-15(24-19)12-6-7-12)20(27)23-11-13-4-3-5-16-18(13)31-9-8-30-16/h3-5,10,12H,2,6-9,11H2,1H3,(H,23,27)(H,25,28,29). The van der Waals surface area contributed by atoms with Crippen LogP contribution in [0.4, 0.5) is 0 Å². The fourth-order valence-corrected chi connectivity index (χ4v) is 3.90. The highest BCUT2D eigenvalue weighted by Crippen LogP contribution is 2.40. The first-order chi connectivity index (χ1) is 15.1. The van der Waals surface area contributed by atoms with Crippen molar-refractivity contribution in [2.45, 2.75) is 38.8 Å². The first-order valence-electron chi connectivity index (χ1n) is 10.4. The molecule has 0 saturated heterocycles. The molecule has 9 heteroatoms. The van der Waals surface area contributed by atoms with E-state index in [-0.39, 0.29) is 29.1 Å². The number of nitrogens with zero attached hydrogens (tertiary/aromatic N) is 2. The maximum Gasteiger partial charge on any atom is 0.329 e. The Morgan fingerprint density at radius 1 is 1.26 bits per heavy atom. The number of fused-ring (bicyclic) bond motifs is 2. The molecule has 2 aliphatic rings. The van der Waals surface area contributed by atoms with Crippen LogP contribution in [0.5, 0.6) is 11.5 Å². The number of amides is 1. The summed E-state index contributed by atoms with van der Waals surface area (Å²) < 4.78 is 12.7.